The fourth-order valence-corrected chi connectivity index (χ4v) is 37.0. The van der Waals surface area contributed by atoms with Crippen LogP contribution in [0.15, 0.2) is 48.4 Å². The van der Waals surface area contributed by atoms with Crippen LogP contribution in [-0.2, 0) is 66.3 Å². The van der Waals surface area contributed by atoms with Gasteiger partial charge in [0.1, 0.15) is 46.8 Å². The van der Waals surface area contributed by atoms with E-state index < -0.39 is 115 Å². The number of nitrogens with zero attached hydrogens (tertiary/aromatic N) is 4. The zero-order valence-corrected chi connectivity index (χ0v) is 85.7. The van der Waals surface area contributed by atoms with Gasteiger partial charge in [0, 0.05) is 176 Å². The van der Waals surface area contributed by atoms with Crippen LogP contribution in [0.5, 0.6) is 46.0 Å². The van der Waals surface area contributed by atoms with E-state index in [-0.39, 0.29) is 152 Å². The molecule has 4 aromatic rings. The van der Waals surface area contributed by atoms with Crippen LogP contribution in [-0.4, -0.2) is 235 Å². The van der Waals surface area contributed by atoms with Crippen molar-refractivity contribution in [3.05, 3.63) is 92.9 Å². The first-order valence-corrected chi connectivity index (χ1v) is 53.7. The summed E-state index contributed by atoms with van der Waals surface area (Å²) in [5.41, 5.74) is -4.12. The van der Waals surface area contributed by atoms with E-state index in [1.807, 2.05) is 33.8 Å². The van der Waals surface area contributed by atoms with Gasteiger partial charge in [0.2, 0.25) is 0 Å². The highest BCUT2D eigenvalue weighted by Gasteiger charge is 2.89. The molecule has 4 aromatic carbocycles. The van der Waals surface area contributed by atoms with E-state index >= 15 is 0 Å². The molecule has 8 N–H and O–H groups in total. The number of methoxy groups -OCH3 is 4. The number of rotatable bonds is 18. The third kappa shape index (κ3) is 11.1. The van der Waals surface area contributed by atoms with Crippen LogP contribution in [0.2, 0.25) is 0 Å². The van der Waals surface area contributed by atoms with Crippen molar-refractivity contribution in [3.63, 3.8) is 0 Å². The van der Waals surface area contributed by atoms with Crippen molar-refractivity contribution in [3.8, 4) is 46.0 Å². The summed E-state index contributed by atoms with van der Waals surface area (Å²) >= 11 is 0. The van der Waals surface area contributed by atoms with E-state index in [1.54, 1.807) is 40.6 Å². The molecule has 8 spiro atoms. The summed E-state index contributed by atoms with van der Waals surface area (Å²) in [5, 5.41) is 93.4. The third-order valence-electron chi connectivity index (χ3n) is 46.5. The standard InChI is InChI=1S/C30H43NO4.3C29H41NO4/c1-6-26(2,3)27(4,33)21-16-28-11-12-30(21,34-5)25-29(28)13-14-31(17-18-7-8-18)22(28)15-19-9-10-20(32)24(35-25)23(19)29;3*1-25(2,3)26(4,32)20-15-27-10-11-29(20,33-5)24-28(27)12-13-30(16-17-6-7-17)21(27)14-18-8-9-19(31)23(34-24)22(18)28/h9-10,18,21-22,25,32-33H,6-8,11-17H2,1-5H3;3*8-9,17,20-21,24,31-32H,6-7,10-16H2,1-5H3/t21-,22-,25-,27+,28-,29+,30-;3*20-,21-,24-,26+,27-,28+,29-/m1111/s1/i17D2;8D,9D,16D2;10D,11D;8D,9D/t2m;10?,11?,20-,21-,24-,26+,27-,28+,29-;m. The van der Waals surface area contributed by atoms with Gasteiger partial charge in [-0.05, 0) is 332 Å². The molecule has 30 atom stereocenters. The number of phenols is 4. The molecule has 28 aliphatic rings. The molecule has 0 aromatic heterocycles. The van der Waals surface area contributed by atoms with Crippen LogP contribution in [0.4, 0.5) is 0 Å². The van der Waals surface area contributed by atoms with E-state index in [4.69, 9.17) is 43.4 Å². The molecule has 8 heterocycles. The highest BCUT2D eigenvalue weighted by atomic mass is 16.6. The number of likely N-dealkylation sites (tertiary alicyclic amines) is 4. The molecule has 16 bridgehead atoms. The van der Waals surface area contributed by atoms with Crippen molar-refractivity contribution in [2.24, 2.45) is 90.7 Å². The second-order valence-electron chi connectivity index (χ2n) is 53.8. The molecule has 20 aliphatic carbocycles. The molecule has 2 unspecified atom stereocenters. The van der Waals surface area contributed by atoms with Gasteiger partial charge < -0.3 is 78.7 Å². The van der Waals surface area contributed by atoms with Gasteiger partial charge in [-0.3, -0.25) is 19.6 Å². The van der Waals surface area contributed by atoms with Crippen molar-refractivity contribution >= 4 is 0 Å². The van der Waals surface area contributed by atoms with Crippen LogP contribution in [0.1, 0.15) is 329 Å². The molecule has 32 rings (SSSR count). The van der Waals surface area contributed by atoms with E-state index in [0.29, 0.717) is 68.2 Å². The minimum absolute atomic E-state index is 0.0151. The Labute approximate surface area is 830 Å². The molecule has 20 nitrogen and oxygen atoms in total. The summed E-state index contributed by atoms with van der Waals surface area (Å²) in [6, 6.07) is 7.67. The summed E-state index contributed by atoms with van der Waals surface area (Å²) < 4.78 is 144. The van der Waals surface area contributed by atoms with Gasteiger partial charge in [-0.15, -0.1) is 0 Å². The lowest BCUT2D eigenvalue weighted by atomic mass is 9.33. The summed E-state index contributed by atoms with van der Waals surface area (Å²) in [5.74, 6) is 2.44. The first kappa shape index (κ1) is 82.0. The second-order valence-corrected chi connectivity index (χ2v) is 53.8. The van der Waals surface area contributed by atoms with Gasteiger partial charge >= 0.3 is 0 Å². The average Bonchev–Trinajstić information content (AvgIpc) is 1.65. The van der Waals surface area contributed by atoms with Crippen LogP contribution < -0.4 is 18.9 Å². The highest BCUT2D eigenvalue weighted by molar-refractivity contribution is 5.68. The molecule has 20 heteroatoms. The van der Waals surface area contributed by atoms with E-state index in [9.17, 15) is 49.1 Å². The molecule has 750 valence electrons. The SMILES string of the molecule is [2H]C([2H])(C1CC1)N1CC[C@]23c4c5ccc(O)c4O[C@H]2[C@@]2(OC)CC[C@@]3(C[C@@H]2[C@](C)(O)C(C)(C)CC)[C@H]1C5.[2H]C1C([2H])[C@]23C[C@H]([C@](C)(O)C(C)(C)C)[C@@]1(OC)[C@@H]1Oc4c(O)ccc5c4[C@@]12CCN(CC1CC1)[C@@H]3C5.[2H]c1c([2H])c2c3c(c1O)O[C@H]1[C@@]4(OC)CC[C@@]5(C[C@@H]4[C@](C)(O)C(C)(C)C)[C@@H](C2)N(C([2H])([2H])C2CC2)CC[C@]315.[2H]c1c([2H])c2c3c(c1O)O[C@H]1[C@@]4(OC)CC[C@@]5(C[C@@H]4[C@](C)(O)C(C)(C)C)[C@@H](C2)N(CC2CC2)CC[C@]315. The Morgan fingerprint density at radius 2 is 0.650 bits per heavy atom. The zero-order chi connectivity index (χ0) is 105. The number of benzene rings is 4. The largest absolute Gasteiger partial charge is 0.504 e. The first-order chi connectivity index (χ1) is 68.7. The van der Waals surface area contributed by atoms with Gasteiger partial charge in [0.05, 0.1) is 27.9 Å². The lowest BCUT2D eigenvalue weighted by Crippen LogP contribution is -2.83. The number of hydrogen-bond donors (Lipinski definition) is 8. The number of hydrogen-bond acceptors (Lipinski definition) is 20. The fraction of sp³-hybridized carbons (Fsp3) is 0.795. The third-order valence-corrected chi connectivity index (χ3v) is 46.5. The van der Waals surface area contributed by atoms with Gasteiger partial charge in [0.25, 0.3) is 0 Å². The van der Waals surface area contributed by atoms with Crippen molar-refractivity contribution in [2.45, 2.75) is 412 Å². The normalized spacial score (nSPS) is 46.0. The van der Waals surface area contributed by atoms with E-state index in [1.165, 1.54) is 36.8 Å². The molecule has 137 heavy (non-hydrogen) atoms. The Hall–Kier alpha value is -5.20. The number of phenolic OH excluding ortho intramolecular Hbond substituents is 4. The molecular formula is C117H166N4O16. The summed E-state index contributed by atoms with van der Waals surface area (Å²) in [7, 11) is 6.90. The Kier molecular flexibility index (Phi) is 17.3. The Bertz CT molecular complexity index is 6150. The van der Waals surface area contributed by atoms with Crippen LogP contribution in [0, 0.1) is 90.7 Å². The van der Waals surface area contributed by atoms with E-state index in [2.05, 4.69) is 109 Å². The Morgan fingerprint density at radius 3 is 0.993 bits per heavy atom. The minimum atomic E-state index is -1.45. The van der Waals surface area contributed by atoms with Crippen LogP contribution >= 0.6 is 0 Å². The van der Waals surface area contributed by atoms with Gasteiger partial charge in [0.15, 0.2) is 46.0 Å². The van der Waals surface area contributed by atoms with Crippen molar-refractivity contribution < 1.29 is 92.5 Å². The molecular weight excluding hydrogens is 1720 g/mol. The summed E-state index contributed by atoms with van der Waals surface area (Å²) in [6.45, 7) is 35.5. The predicted octanol–water partition coefficient (Wildman–Crippen LogP) is 18.0. The summed E-state index contributed by atoms with van der Waals surface area (Å²) in [4.78, 5) is 9.65. The lowest BCUT2D eigenvalue weighted by molar-refractivity contribution is -0.313. The maximum Gasteiger partial charge on any atom is 0.165 e. The van der Waals surface area contributed by atoms with Crippen molar-refractivity contribution in [1.29, 1.82) is 0 Å². The minimum Gasteiger partial charge on any atom is -0.504 e. The molecule has 20 fully saturated rings. The van der Waals surface area contributed by atoms with Crippen molar-refractivity contribution in [1.82, 2.24) is 19.6 Å². The zero-order valence-electron chi connectivity index (χ0n) is 95.7. The maximum absolute atomic E-state index is 12.4. The topological polar surface area (TPSA) is 249 Å². The van der Waals surface area contributed by atoms with Crippen molar-refractivity contribution in [2.75, 3.05) is 80.7 Å². The lowest BCUT2D eigenvalue weighted by Gasteiger charge is -2.75. The second kappa shape index (κ2) is 29.0. The number of aromatic hydroxyl groups is 4. The number of piperidine rings is 4. The van der Waals surface area contributed by atoms with Crippen LogP contribution in [0.3, 0.4) is 0 Å². The van der Waals surface area contributed by atoms with Crippen LogP contribution in [0.25, 0.3) is 0 Å². The number of ether oxygens (including phenoxy) is 8. The highest BCUT2D eigenvalue weighted by Crippen LogP contribution is 2.85. The quantitative estimate of drug-likeness (QED) is 0.0461. The van der Waals surface area contributed by atoms with E-state index in [0.717, 1.165) is 187 Å². The number of aliphatic hydroxyl groups is 4. The van der Waals surface area contributed by atoms with Gasteiger partial charge in [-0.25, -0.2) is 0 Å². The Morgan fingerprint density at radius 1 is 0.358 bits per heavy atom. The molecule has 4 saturated heterocycles. The number of fused-ring (bicyclic) bond motifs is 8. The fourth-order valence-electron chi connectivity index (χ4n) is 37.0. The molecule has 0 amide bonds. The van der Waals surface area contributed by atoms with Gasteiger partial charge in [-0.2, -0.15) is 0 Å². The van der Waals surface area contributed by atoms with Gasteiger partial charge in [-0.1, -0.05) is 107 Å². The molecule has 8 aliphatic heterocycles. The average molecular weight is 1890 g/mol. The molecule has 0 radical (unpaired) electrons. The monoisotopic (exact) mass is 1890 g/mol. The smallest absolute Gasteiger partial charge is 0.165 e. The first-order valence-electron chi connectivity index (χ1n) is 58.9. The summed E-state index contributed by atoms with van der Waals surface area (Å²) in [6.07, 6.45) is 20.4. The predicted molar refractivity (Wildman–Crippen MR) is 525 cm³/mol. The molecule has 16 saturated carbocycles. The maximum atomic E-state index is 12.4. The Balaban J connectivity index is 0.000000102.